The van der Waals surface area contributed by atoms with E-state index < -0.39 is 34.6 Å². The molecule has 44 heavy (non-hydrogen) atoms. The van der Waals surface area contributed by atoms with E-state index in [1.807, 2.05) is 18.1 Å². The molecule has 10 atom stereocenters. The van der Waals surface area contributed by atoms with Crippen molar-refractivity contribution in [3.8, 4) is 0 Å². The Hall–Kier alpha value is -2.02. The zero-order chi connectivity index (χ0) is 31.3. The van der Waals surface area contributed by atoms with Gasteiger partial charge in [0.1, 0.15) is 5.60 Å². The van der Waals surface area contributed by atoms with Crippen LogP contribution in [0.2, 0.25) is 0 Å². The summed E-state index contributed by atoms with van der Waals surface area (Å²) in [4.78, 5) is 20.0. The number of carbonyl (C=O) groups is 1. The summed E-state index contributed by atoms with van der Waals surface area (Å²) in [6.07, 6.45) is 9.59. The number of allylic oxidation sites excluding steroid dienone is 1. The molecule has 0 aromatic carbocycles. The lowest BCUT2D eigenvalue weighted by Crippen LogP contribution is -2.63. The predicted octanol–water partition coefficient (Wildman–Crippen LogP) is 1.20. The maximum absolute atomic E-state index is 13.3. The van der Waals surface area contributed by atoms with Gasteiger partial charge in [-0.1, -0.05) is 13.0 Å². The largest absolute Gasteiger partial charge is 0.478 e. The third-order valence-electron chi connectivity index (χ3n) is 12.6. The highest BCUT2D eigenvalue weighted by molar-refractivity contribution is 5.92. The van der Waals surface area contributed by atoms with Crippen molar-refractivity contribution >= 4 is 11.9 Å². The van der Waals surface area contributed by atoms with E-state index in [0.29, 0.717) is 70.3 Å². The van der Waals surface area contributed by atoms with E-state index >= 15 is 0 Å². The molecule has 0 amide bonds. The molecule has 2 heterocycles. The van der Waals surface area contributed by atoms with Crippen LogP contribution in [-0.4, -0.2) is 108 Å². The number of hydrogen-bond acceptors (Lipinski definition) is 8. The Morgan fingerprint density at radius 2 is 2.00 bits per heavy atom. The first kappa shape index (κ1) is 31.9. The number of guanidine groups is 1. The van der Waals surface area contributed by atoms with Crippen LogP contribution in [0.5, 0.6) is 0 Å². The minimum absolute atomic E-state index is 0.0372. The summed E-state index contributed by atoms with van der Waals surface area (Å²) < 4.78 is 6.64. The monoisotopic (exact) mass is 615 g/mol. The maximum atomic E-state index is 13.3. The van der Waals surface area contributed by atoms with Gasteiger partial charge in [0.05, 0.1) is 37.0 Å². The SMILES string of the molecule is CNCCN=C(N)N1C=C[C@H](CNCCO)[C@@]2(C1)[C@@H]1CC[C@@H](C)[C@]23C[C@](O)([C@@H]2CC[C@H]4CC[C@@H](O)C[C@H]4O2)C(C(=O)O)=C3C1. The van der Waals surface area contributed by atoms with Gasteiger partial charge < -0.3 is 46.4 Å². The zero-order valence-electron chi connectivity index (χ0n) is 26.4. The molecule has 0 unspecified atom stereocenters. The van der Waals surface area contributed by atoms with Crippen molar-refractivity contribution in [2.24, 2.45) is 45.2 Å². The van der Waals surface area contributed by atoms with E-state index in [2.05, 4.69) is 28.6 Å². The smallest absolute Gasteiger partial charge is 0.334 e. The summed E-state index contributed by atoms with van der Waals surface area (Å²) in [5.41, 5.74) is 5.08. The van der Waals surface area contributed by atoms with Crippen molar-refractivity contribution in [2.75, 3.05) is 46.4 Å². The lowest BCUT2D eigenvalue weighted by molar-refractivity contribution is -0.195. The van der Waals surface area contributed by atoms with E-state index in [1.54, 1.807) is 0 Å². The van der Waals surface area contributed by atoms with E-state index in [0.717, 1.165) is 37.7 Å². The Bertz CT molecular complexity index is 1190. The first-order valence-corrected chi connectivity index (χ1v) is 16.9. The van der Waals surface area contributed by atoms with Crippen molar-refractivity contribution in [2.45, 2.75) is 88.6 Å². The van der Waals surface area contributed by atoms with Gasteiger partial charge in [-0.25, -0.2) is 4.79 Å². The van der Waals surface area contributed by atoms with Crippen LogP contribution in [0.15, 0.2) is 28.4 Å². The van der Waals surface area contributed by atoms with Crippen molar-refractivity contribution < 1.29 is 30.0 Å². The second-order valence-corrected chi connectivity index (χ2v) is 14.5. The number of hydrogen-bond donors (Lipinski definition) is 7. The van der Waals surface area contributed by atoms with E-state index in [-0.39, 0.29) is 36.0 Å². The zero-order valence-corrected chi connectivity index (χ0v) is 26.4. The minimum atomic E-state index is -1.63. The Morgan fingerprint density at radius 1 is 1.20 bits per heavy atom. The molecule has 2 bridgehead atoms. The summed E-state index contributed by atoms with van der Waals surface area (Å²) in [6, 6.07) is 0. The molecular weight excluding hydrogens is 562 g/mol. The Labute approximate surface area is 261 Å². The number of nitrogens with one attached hydrogen (secondary N) is 2. The van der Waals surface area contributed by atoms with Crippen LogP contribution in [0.3, 0.4) is 0 Å². The van der Waals surface area contributed by atoms with Crippen molar-refractivity contribution in [3.05, 3.63) is 23.4 Å². The van der Waals surface area contributed by atoms with Crippen LogP contribution >= 0.6 is 0 Å². The summed E-state index contributed by atoms with van der Waals surface area (Å²) in [7, 11) is 1.88. The number of carboxylic acids is 1. The molecule has 3 saturated carbocycles. The molecule has 2 aliphatic heterocycles. The number of carboxylic acid groups (broad SMARTS) is 1. The number of aliphatic carboxylic acids is 1. The van der Waals surface area contributed by atoms with Gasteiger partial charge in [-0.15, -0.1) is 0 Å². The number of rotatable bonds is 9. The summed E-state index contributed by atoms with van der Waals surface area (Å²) >= 11 is 0. The molecule has 1 saturated heterocycles. The molecule has 0 radical (unpaired) electrons. The van der Waals surface area contributed by atoms with Crippen LogP contribution in [-0.2, 0) is 9.53 Å². The van der Waals surface area contributed by atoms with Gasteiger partial charge in [0.25, 0.3) is 0 Å². The van der Waals surface area contributed by atoms with Crippen molar-refractivity contribution in [1.82, 2.24) is 15.5 Å². The standard InChI is InChI=1S/C33H53N5O6/c1-20-3-6-22-15-25-28(29(41)42)33(43,27-8-5-21-4-7-24(40)16-26(21)44-27)18-31(20,25)32(22)19-38(30(34)37-11-10-35-2)13-9-23(32)17-36-12-14-39/h9,13,20-24,26-27,35-36,39-40,43H,3-8,10-12,14-19H2,1-2H3,(H2,34,37)(H,41,42)/t20-,21-,22-,23-,24-,26-,27+,31+,32-,33+/m1/s1. The van der Waals surface area contributed by atoms with Crippen LogP contribution in [0.4, 0.5) is 0 Å². The Morgan fingerprint density at radius 3 is 2.75 bits per heavy atom. The van der Waals surface area contributed by atoms with Gasteiger partial charge in [0, 0.05) is 43.2 Å². The lowest BCUT2D eigenvalue weighted by Gasteiger charge is -2.61. The Balaban J connectivity index is 1.44. The fourth-order valence-electron chi connectivity index (χ4n) is 10.7. The average Bonchev–Trinajstić information content (AvgIpc) is 3.36. The van der Waals surface area contributed by atoms with Gasteiger partial charge in [0.2, 0.25) is 0 Å². The fourth-order valence-corrected chi connectivity index (χ4v) is 10.7. The summed E-state index contributed by atoms with van der Waals surface area (Å²) in [6.45, 7) is 5.25. The first-order chi connectivity index (χ1) is 21.1. The highest BCUT2D eigenvalue weighted by Crippen LogP contribution is 2.77. The van der Waals surface area contributed by atoms with E-state index in [1.165, 1.54) is 0 Å². The third-order valence-corrected chi connectivity index (χ3v) is 12.6. The topological polar surface area (TPSA) is 173 Å². The number of fused-ring (bicyclic) bond motifs is 1. The quantitative estimate of drug-likeness (QED) is 0.113. The Kier molecular flexibility index (Phi) is 8.93. The number of ether oxygens (including phenoxy) is 1. The van der Waals surface area contributed by atoms with Gasteiger partial charge in [-0.05, 0) is 94.1 Å². The van der Waals surface area contributed by atoms with Gasteiger partial charge in [-0.2, -0.15) is 0 Å². The maximum Gasteiger partial charge on any atom is 0.334 e. The van der Waals surface area contributed by atoms with Crippen LogP contribution in [0, 0.1) is 34.5 Å². The van der Waals surface area contributed by atoms with Gasteiger partial charge in [0.15, 0.2) is 5.96 Å². The molecule has 4 fully saturated rings. The number of aliphatic hydroxyl groups excluding tert-OH is 2. The number of nitrogens with zero attached hydrogens (tertiary/aromatic N) is 2. The van der Waals surface area contributed by atoms with Crippen molar-refractivity contribution in [3.63, 3.8) is 0 Å². The predicted molar refractivity (Wildman–Crippen MR) is 167 cm³/mol. The molecule has 6 rings (SSSR count). The lowest BCUT2D eigenvalue weighted by atomic mass is 9.45. The van der Waals surface area contributed by atoms with Crippen molar-refractivity contribution in [1.29, 1.82) is 0 Å². The van der Waals surface area contributed by atoms with Crippen LogP contribution in [0.25, 0.3) is 0 Å². The molecule has 6 aliphatic rings. The van der Waals surface area contributed by atoms with E-state index in [4.69, 9.17) is 10.5 Å². The molecule has 11 heteroatoms. The summed E-state index contributed by atoms with van der Waals surface area (Å²) in [5, 5.41) is 50.2. The highest BCUT2D eigenvalue weighted by atomic mass is 16.5. The molecule has 0 aromatic heterocycles. The molecule has 246 valence electrons. The highest BCUT2D eigenvalue weighted by Gasteiger charge is 2.76. The average molecular weight is 616 g/mol. The number of aliphatic hydroxyl groups is 3. The minimum Gasteiger partial charge on any atom is -0.478 e. The second-order valence-electron chi connectivity index (χ2n) is 14.5. The third kappa shape index (κ3) is 4.84. The molecule has 11 nitrogen and oxygen atoms in total. The molecule has 8 N–H and O–H groups in total. The number of likely N-dealkylation sites (N-methyl/N-ethyl adjacent to an activating group) is 1. The van der Waals surface area contributed by atoms with E-state index in [9.17, 15) is 25.2 Å². The second kappa shape index (κ2) is 12.3. The van der Waals surface area contributed by atoms with Crippen LogP contribution in [0.1, 0.15) is 64.7 Å². The van der Waals surface area contributed by atoms with Gasteiger partial charge in [-0.3, -0.25) is 4.99 Å². The first-order valence-electron chi connectivity index (χ1n) is 16.9. The van der Waals surface area contributed by atoms with Gasteiger partial charge >= 0.3 is 5.97 Å². The normalized spacial score (nSPS) is 43.4. The fraction of sp³-hybridized carbons (Fsp3) is 0.818. The number of aliphatic imine (C=N–C) groups is 1. The van der Waals surface area contributed by atoms with Crippen LogP contribution < -0.4 is 16.4 Å². The molecule has 4 aliphatic carbocycles. The molecule has 0 aromatic rings. The molecule has 2 spiro atoms. The molecular formula is C33H53N5O6. The summed E-state index contributed by atoms with van der Waals surface area (Å²) in [5.74, 6) is 0.145. The number of nitrogens with two attached hydrogens (primary N) is 1.